The van der Waals surface area contributed by atoms with Crippen molar-refractivity contribution in [2.45, 2.75) is 6.92 Å². The molecule has 0 amide bonds. The maximum Gasteiger partial charge on any atom is 0.308 e. The Labute approximate surface area is 104 Å². The number of aromatic amines is 1. The molecular weight excluding hydrogens is 234 g/mol. The number of aliphatic carboxylic acids is 1. The van der Waals surface area contributed by atoms with Gasteiger partial charge < -0.3 is 10.0 Å². The van der Waals surface area contributed by atoms with Gasteiger partial charge in [-0.2, -0.15) is 5.10 Å². The van der Waals surface area contributed by atoms with Crippen LogP contribution < -0.4 is 10.5 Å². The highest BCUT2D eigenvalue weighted by Crippen LogP contribution is 2.31. The van der Waals surface area contributed by atoms with Crippen LogP contribution in [0.25, 0.3) is 0 Å². The van der Waals surface area contributed by atoms with Gasteiger partial charge in [-0.3, -0.25) is 9.59 Å². The minimum atomic E-state index is -0.824. The second kappa shape index (κ2) is 4.64. The number of carboxylic acids is 1. The molecule has 2 heterocycles. The molecule has 1 aliphatic heterocycles. The average molecular weight is 249 g/mol. The van der Waals surface area contributed by atoms with Gasteiger partial charge >= 0.3 is 5.97 Å². The van der Waals surface area contributed by atoms with Crippen molar-refractivity contribution in [1.82, 2.24) is 10.2 Å². The number of nitrogens with zero attached hydrogens (tertiary/aromatic N) is 2. The highest BCUT2D eigenvalue weighted by atomic mass is 16.4. The number of H-pyrrole nitrogens is 1. The second-order valence-corrected chi connectivity index (χ2v) is 4.58. The van der Waals surface area contributed by atoms with Crippen molar-refractivity contribution >= 4 is 11.8 Å². The van der Waals surface area contributed by atoms with Crippen molar-refractivity contribution in [3.05, 3.63) is 34.6 Å². The quantitative estimate of drug-likeness (QED) is 0.761. The molecule has 0 bridgehead atoms. The smallest absolute Gasteiger partial charge is 0.308 e. The SMILES string of the molecule is C=C(C)[C@@H]1CN(c2ccc(=O)[nH]n2)CC1C(=O)O. The van der Waals surface area contributed by atoms with Gasteiger partial charge in [-0.25, -0.2) is 5.10 Å². The molecule has 1 aromatic rings. The number of carbonyl (C=O) groups is 1. The van der Waals surface area contributed by atoms with E-state index in [0.29, 0.717) is 18.9 Å². The molecule has 1 aliphatic rings. The van der Waals surface area contributed by atoms with E-state index in [9.17, 15) is 14.7 Å². The van der Waals surface area contributed by atoms with E-state index in [-0.39, 0.29) is 11.5 Å². The lowest BCUT2D eigenvalue weighted by Gasteiger charge is -2.16. The van der Waals surface area contributed by atoms with Gasteiger partial charge in [0.1, 0.15) is 5.82 Å². The number of nitrogens with one attached hydrogen (secondary N) is 1. The van der Waals surface area contributed by atoms with Crippen LogP contribution in [0.1, 0.15) is 6.92 Å². The van der Waals surface area contributed by atoms with Gasteiger partial charge in [0.15, 0.2) is 0 Å². The fourth-order valence-electron chi connectivity index (χ4n) is 2.25. The lowest BCUT2D eigenvalue weighted by Crippen LogP contribution is -2.24. The van der Waals surface area contributed by atoms with E-state index in [1.54, 1.807) is 6.07 Å². The highest BCUT2D eigenvalue weighted by molar-refractivity contribution is 5.73. The Balaban J connectivity index is 2.23. The summed E-state index contributed by atoms with van der Waals surface area (Å²) in [5.74, 6) is -0.799. The van der Waals surface area contributed by atoms with Crippen molar-refractivity contribution in [2.75, 3.05) is 18.0 Å². The molecule has 1 aromatic heterocycles. The highest BCUT2D eigenvalue weighted by Gasteiger charge is 2.38. The Bertz CT molecular complexity index is 495. The molecule has 6 heteroatoms. The molecule has 1 unspecified atom stereocenters. The minimum absolute atomic E-state index is 0.0868. The fraction of sp³-hybridized carbons (Fsp3) is 0.417. The molecule has 2 N–H and O–H groups in total. The molecule has 18 heavy (non-hydrogen) atoms. The summed E-state index contributed by atoms with van der Waals surface area (Å²) in [6, 6.07) is 2.98. The summed E-state index contributed by atoms with van der Waals surface area (Å²) in [6.45, 7) is 6.62. The predicted octanol–water partition coefficient (Wildman–Crippen LogP) is 0.483. The van der Waals surface area contributed by atoms with E-state index in [2.05, 4.69) is 16.8 Å². The third kappa shape index (κ3) is 2.27. The molecule has 0 saturated carbocycles. The zero-order valence-electron chi connectivity index (χ0n) is 10.1. The summed E-state index contributed by atoms with van der Waals surface area (Å²) >= 11 is 0. The summed E-state index contributed by atoms with van der Waals surface area (Å²) in [5, 5.41) is 15.5. The zero-order chi connectivity index (χ0) is 13.3. The molecule has 6 nitrogen and oxygen atoms in total. The van der Waals surface area contributed by atoms with Crippen LogP contribution in [0.2, 0.25) is 0 Å². The van der Waals surface area contributed by atoms with Crippen molar-refractivity contribution < 1.29 is 9.90 Å². The molecule has 2 atom stereocenters. The minimum Gasteiger partial charge on any atom is -0.481 e. The number of anilines is 1. The summed E-state index contributed by atoms with van der Waals surface area (Å²) in [7, 11) is 0. The van der Waals surface area contributed by atoms with Crippen LogP contribution in [0.5, 0.6) is 0 Å². The molecule has 0 aromatic carbocycles. The summed E-state index contributed by atoms with van der Waals surface area (Å²) in [4.78, 5) is 24.0. The molecule has 96 valence electrons. The van der Waals surface area contributed by atoms with Crippen molar-refractivity contribution in [3.63, 3.8) is 0 Å². The Kier molecular flexibility index (Phi) is 3.18. The van der Waals surface area contributed by atoms with Crippen LogP contribution in [0, 0.1) is 11.8 Å². The predicted molar refractivity (Wildman–Crippen MR) is 66.5 cm³/mol. The first kappa shape index (κ1) is 12.3. The molecule has 1 fully saturated rings. The number of carboxylic acid groups (broad SMARTS) is 1. The number of rotatable bonds is 3. The van der Waals surface area contributed by atoms with Crippen LogP contribution in [0.15, 0.2) is 29.1 Å². The number of hydrogen-bond donors (Lipinski definition) is 2. The van der Waals surface area contributed by atoms with Crippen LogP contribution >= 0.6 is 0 Å². The van der Waals surface area contributed by atoms with Gasteiger partial charge in [-0.15, -0.1) is 0 Å². The maximum atomic E-state index is 11.2. The topological polar surface area (TPSA) is 86.3 Å². The normalized spacial score (nSPS) is 23.1. The van der Waals surface area contributed by atoms with Crippen LogP contribution in [0.4, 0.5) is 5.82 Å². The maximum absolute atomic E-state index is 11.2. The van der Waals surface area contributed by atoms with E-state index < -0.39 is 11.9 Å². The Hall–Kier alpha value is -2.11. The molecular formula is C12H15N3O3. The van der Waals surface area contributed by atoms with Gasteiger partial charge in [-0.05, 0) is 13.0 Å². The summed E-state index contributed by atoms with van der Waals surface area (Å²) < 4.78 is 0. The van der Waals surface area contributed by atoms with Gasteiger partial charge in [0.25, 0.3) is 5.56 Å². The van der Waals surface area contributed by atoms with Crippen LogP contribution in [-0.4, -0.2) is 34.4 Å². The van der Waals surface area contributed by atoms with Gasteiger partial charge in [0.2, 0.25) is 0 Å². The average Bonchev–Trinajstić information content (AvgIpc) is 2.75. The molecule has 1 saturated heterocycles. The second-order valence-electron chi connectivity index (χ2n) is 4.58. The Morgan fingerprint density at radius 1 is 1.50 bits per heavy atom. The van der Waals surface area contributed by atoms with Crippen molar-refractivity contribution in [1.29, 1.82) is 0 Å². The van der Waals surface area contributed by atoms with Gasteiger partial charge in [-0.1, -0.05) is 12.2 Å². The first-order chi connectivity index (χ1) is 8.49. The molecule has 2 rings (SSSR count). The summed E-state index contributed by atoms with van der Waals surface area (Å²) in [6.07, 6.45) is 0. The number of aromatic nitrogens is 2. The van der Waals surface area contributed by atoms with E-state index in [0.717, 1.165) is 5.57 Å². The lowest BCUT2D eigenvalue weighted by molar-refractivity contribution is -0.141. The standard InChI is InChI=1S/C12H15N3O3/c1-7(2)8-5-15(6-9(8)12(17)18)10-3-4-11(16)14-13-10/h3-4,8-9H,1,5-6H2,2H3,(H,14,16)(H,17,18)/t8-,9?/m0/s1. The van der Waals surface area contributed by atoms with E-state index >= 15 is 0 Å². The third-order valence-corrected chi connectivity index (χ3v) is 3.26. The molecule has 0 aliphatic carbocycles. The first-order valence-corrected chi connectivity index (χ1v) is 5.68. The Morgan fingerprint density at radius 3 is 2.61 bits per heavy atom. The Morgan fingerprint density at radius 2 is 2.17 bits per heavy atom. The number of hydrogen-bond acceptors (Lipinski definition) is 4. The van der Waals surface area contributed by atoms with E-state index in [1.165, 1.54) is 6.07 Å². The lowest BCUT2D eigenvalue weighted by atomic mass is 9.91. The fourth-order valence-corrected chi connectivity index (χ4v) is 2.25. The van der Waals surface area contributed by atoms with Gasteiger partial charge in [0, 0.05) is 25.1 Å². The van der Waals surface area contributed by atoms with Crippen molar-refractivity contribution in [3.8, 4) is 0 Å². The van der Waals surface area contributed by atoms with Crippen molar-refractivity contribution in [2.24, 2.45) is 11.8 Å². The molecule has 0 radical (unpaired) electrons. The van der Waals surface area contributed by atoms with Gasteiger partial charge in [0.05, 0.1) is 5.92 Å². The monoisotopic (exact) mass is 249 g/mol. The van der Waals surface area contributed by atoms with E-state index in [1.807, 2.05) is 11.8 Å². The largest absolute Gasteiger partial charge is 0.481 e. The van der Waals surface area contributed by atoms with Crippen LogP contribution in [0.3, 0.4) is 0 Å². The first-order valence-electron chi connectivity index (χ1n) is 5.68. The summed E-state index contributed by atoms with van der Waals surface area (Å²) in [5.41, 5.74) is 0.582. The van der Waals surface area contributed by atoms with E-state index in [4.69, 9.17) is 0 Å². The van der Waals surface area contributed by atoms with Crippen LogP contribution in [-0.2, 0) is 4.79 Å². The third-order valence-electron chi connectivity index (χ3n) is 3.26. The molecule has 0 spiro atoms. The zero-order valence-corrected chi connectivity index (χ0v) is 10.1.